The zero-order chi connectivity index (χ0) is 54.5. The Morgan fingerprint density at radius 3 is 0.986 bits per heavy atom. The summed E-state index contributed by atoms with van der Waals surface area (Å²) in [4.78, 5) is 120. The van der Waals surface area contributed by atoms with E-state index in [4.69, 9.17) is 18.9 Å². The number of esters is 4. The van der Waals surface area contributed by atoms with Crippen LogP contribution in [0.3, 0.4) is 0 Å². The van der Waals surface area contributed by atoms with Gasteiger partial charge in [-0.25, -0.2) is 19.2 Å². The fourth-order valence-electron chi connectivity index (χ4n) is 8.66. The predicted molar refractivity (Wildman–Crippen MR) is 274 cm³/mol. The molecule has 0 aliphatic carbocycles. The Labute approximate surface area is 428 Å². The first-order valence-corrected chi connectivity index (χ1v) is 25.5. The van der Waals surface area contributed by atoms with Gasteiger partial charge in [0.15, 0.2) is 24.4 Å². The number of hydrogen-bond acceptors (Lipinski definition) is 12. The molecule has 0 spiro atoms. The van der Waals surface area contributed by atoms with E-state index in [-0.39, 0.29) is 67.6 Å². The van der Waals surface area contributed by atoms with E-state index >= 15 is 0 Å². The van der Waals surface area contributed by atoms with Crippen LogP contribution in [-0.4, -0.2) is 144 Å². The maximum Gasteiger partial charge on any atom is 0.329 e. The average Bonchev–Trinajstić information content (AvgIpc) is 3.30. The van der Waals surface area contributed by atoms with E-state index in [1.54, 1.807) is 30.3 Å². The lowest BCUT2D eigenvalue weighted by Gasteiger charge is -2.35. The maximum atomic E-state index is 14.9. The molecule has 8 atom stereocenters. The quantitative estimate of drug-likeness (QED) is 0.157. The van der Waals surface area contributed by atoms with Crippen molar-refractivity contribution in [2.24, 2.45) is 23.7 Å². The van der Waals surface area contributed by atoms with Crippen LogP contribution in [0.2, 0.25) is 0 Å². The molecule has 0 bridgehead atoms. The Morgan fingerprint density at radius 2 is 0.694 bits per heavy atom. The van der Waals surface area contributed by atoms with Crippen LogP contribution in [-0.2, 0) is 75.6 Å². The Balaban J connectivity index is 2.27. The largest absolute Gasteiger partial charge is 0.451 e. The van der Waals surface area contributed by atoms with Crippen molar-refractivity contribution in [3.8, 4) is 0 Å². The van der Waals surface area contributed by atoms with Crippen molar-refractivity contribution >= 4 is 47.5 Å². The molecule has 16 nitrogen and oxygen atoms in total. The summed E-state index contributed by atoms with van der Waals surface area (Å²) in [7, 11) is 5.59. The van der Waals surface area contributed by atoms with E-state index in [1.807, 2.05) is 79.7 Å². The van der Waals surface area contributed by atoms with Gasteiger partial charge in [-0.2, -0.15) is 0 Å². The van der Waals surface area contributed by atoms with Crippen molar-refractivity contribution in [2.75, 3.05) is 28.2 Å². The lowest BCUT2D eigenvalue weighted by molar-refractivity contribution is -0.176. The predicted octanol–water partition coefficient (Wildman–Crippen LogP) is 6.96. The minimum absolute atomic E-state index is 0.0832. The molecule has 0 radical (unpaired) electrons. The van der Waals surface area contributed by atoms with Gasteiger partial charge in [-0.3, -0.25) is 19.2 Å². The second-order valence-electron chi connectivity index (χ2n) is 22.2. The number of rotatable bonds is 12. The zero-order valence-electron chi connectivity index (χ0n) is 46.1. The number of carbonyl (C=O) groups excluding carboxylic acids is 8. The third-order valence-corrected chi connectivity index (χ3v) is 13.0. The summed E-state index contributed by atoms with van der Waals surface area (Å²) in [5.74, 6) is -7.15. The molecule has 400 valence electrons. The highest BCUT2D eigenvalue weighted by Gasteiger charge is 2.43. The monoisotopic (exact) mass is 1000 g/mol. The van der Waals surface area contributed by atoms with Crippen molar-refractivity contribution in [1.82, 2.24) is 19.6 Å². The molecule has 3 rings (SSSR count). The molecule has 16 heteroatoms. The standard InChI is InChI=1S/C56H84N4O12/c1-33(2)27-42-52(65)69-38(10)49(62)58(15)45(30-36(7)8)55(68)72-47(32-40-23-25-41(26-24-40)56(11,12)13)51(64)60(17)43(28-34(3)4)53(66)70-37(9)48(61)57(14)44(29-35(5)6)54(67)71-46(50(63)59(42)16)31-39-21-19-18-20-22-39/h18-26,33-38,42-47H,27-32H2,1-17H3/t37-,38-,42+,43+,44+,45+,46-,47-/m1/s1. The molecule has 1 heterocycles. The van der Waals surface area contributed by atoms with Crippen LogP contribution in [0.1, 0.15) is 132 Å². The SMILES string of the molecule is CC(C)C[C@H]1C(=O)O[C@H](Cc2ccc(C(C)(C)C)cc2)C(=O)N(C)[C@@H](CC(C)C)C(=O)O[C@H](C)C(=O)N(C)[C@@H](CC(C)C)C(=O)O[C@H](Cc2ccccc2)C(=O)N(C)[C@@H](CC(C)C)C(=O)O[C@H](C)C(=O)N1C. The summed E-state index contributed by atoms with van der Waals surface area (Å²) in [6.07, 6.45) is -5.62. The van der Waals surface area contributed by atoms with Gasteiger partial charge in [0.1, 0.15) is 24.2 Å². The number of carbonyl (C=O) groups is 8. The first kappa shape index (κ1) is 60.5. The van der Waals surface area contributed by atoms with Gasteiger partial charge in [-0.15, -0.1) is 0 Å². The average molecular weight is 1010 g/mol. The van der Waals surface area contributed by atoms with Gasteiger partial charge in [0.25, 0.3) is 23.6 Å². The van der Waals surface area contributed by atoms with E-state index in [2.05, 4.69) is 20.8 Å². The molecule has 4 amide bonds. The van der Waals surface area contributed by atoms with Crippen LogP contribution >= 0.6 is 0 Å². The van der Waals surface area contributed by atoms with E-state index in [9.17, 15) is 38.4 Å². The van der Waals surface area contributed by atoms with Crippen LogP contribution in [0.5, 0.6) is 0 Å². The Bertz CT molecular complexity index is 2150. The van der Waals surface area contributed by atoms with Gasteiger partial charge in [-0.05, 0) is 85.3 Å². The molecule has 0 saturated carbocycles. The highest BCUT2D eigenvalue weighted by atomic mass is 16.6. The summed E-state index contributed by atoms with van der Waals surface area (Å²) >= 11 is 0. The van der Waals surface area contributed by atoms with Crippen molar-refractivity contribution in [2.45, 2.75) is 183 Å². The number of amides is 4. The summed E-state index contributed by atoms with van der Waals surface area (Å²) < 4.78 is 24.0. The minimum Gasteiger partial charge on any atom is -0.451 e. The Hall–Kier alpha value is -5.80. The van der Waals surface area contributed by atoms with Gasteiger partial charge < -0.3 is 38.5 Å². The summed E-state index contributed by atoms with van der Waals surface area (Å²) in [5, 5.41) is 0. The van der Waals surface area contributed by atoms with Crippen LogP contribution in [0.25, 0.3) is 0 Å². The topological polar surface area (TPSA) is 186 Å². The molecule has 1 aliphatic rings. The van der Waals surface area contributed by atoms with E-state index in [0.29, 0.717) is 11.1 Å². The van der Waals surface area contributed by atoms with Crippen molar-refractivity contribution < 1.29 is 57.3 Å². The van der Waals surface area contributed by atoms with Gasteiger partial charge in [0.2, 0.25) is 0 Å². The lowest BCUT2D eigenvalue weighted by atomic mass is 9.86. The van der Waals surface area contributed by atoms with Crippen LogP contribution in [0.4, 0.5) is 0 Å². The summed E-state index contributed by atoms with van der Waals surface area (Å²) in [5.41, 5.74) is 2.17. The third kappa shape index (κ3) is 17.2. The van der Waals surface area contributed by atoms with Crippen molar-refractivity contribution in [3.05, 3.63) is 71.3 Å². The number of nitrogens with zero attached hydrogens (tertiary/aromatic N) is 4. The molecular formula is C56H84N4O12. The number of ether oxygens (including phenoxy) is 4. The molecule has 0 unspecified atom stereocenters. The molecule has 1 aliphatic heterocycles. The van der Waals surface area contributed by atoms with E-state index < -0.39 is 96.1 Å². The molecule has 1 saturated heterocycles. The van der Waals surface area contributed by atoms with E-state index in [0.717, 1.165) is 20.3 Å². The smallest absolute Gasteiger partial charge is 0.329 e. The van der Waals surface area contributed by atoms with Crippen LogP contribution in [0, 0.1) is 23.7 Å². The molecule has 2 aromatic carbocycles. The number of benzene rings is 2. The summed E-state index contributed by atoms with van der Waals surface area (Å²) in [6, 6.07) is 11.4. The first-order chi connectivity index (χ1) is 33.4. The third-order valence-electron chi connectivity index (χ3n) is 13.0. The Kier molecular flexibility index (Phi) is 22.5. The van der Waals surface area contributed by atoms with E-state index in [1.165, 1.54) is 46.9 Å². The lowest BCUT2D eigenvalue weighted by Crippen LogP contribution is -2.55. The minimum atomic E-state index is -1.49. The first-order valence-electron chi connectivity index (χ1n) is 25.5. The normalized spacial score (nSPS) is 24.7. The molecule has 2 aromatic rings. The van der Waals surface area contributed by atoms with Gasteiger partial charge in [0, 0.05) is 41.0 Å². The second kappa shape index (κ2) is 26.8. The van der Waals surface area contributed by atoms with Gasteiger partial charge in [0.05, 0.1) is 0 Å². The second-order valence-corrected chi connectivity index (χ2v) is 22.2. The molecule has 72 heavy (non-hydrogen) atoms. The van der Waals surface area contributed by atoms with Crippen molar-refractivity contribution in [3.63, 3.8) is 0 Å². The molecule has 0 aromatic heterocycles. The summed E-state index contributed by atoms with van der Waals surface area (Å²) in [6.45, 7) is 23.8. The van der Waals surface area contributed by atoms with Crippen LogP contribution < -0.4 is 0 Å². The molecule has 0 N–H and O–H groups in total. The molecular weight excluding hydrogens is 921 g/mol. The Morgan fingerprint density at radius 1 is 0.417 bits per heavy atom. The van der Waals surface area contributed by atoms with Gasteiger partial charge >= 0.3 is 23.9 Å². The number of likely N-dealkylation sites (N-methyl/N-ethyl adjacent to an activating group) is 4. The fraction of sp³-hybridized carbons (Fsp3) is 0.643. The maximum absolute atomic E-state index is 14.9. The number of cyclic esters (lactones) is 4. The fourth-order valence-corrected chi connectivity index (χ4v) is 8.66. The number of hydrogen-bond donors (Lipinski definition) is 0. The highest BCUT2D eigenvalue weighted by molar-refractivity contribution is 5.94. The highest BCUT2D eigenvalue weighted by Crippen LogP contribution is 2.26. The van der Waals surface area contributed by atoms with Crippen LogP contribution in [0.15, 0.2) is 54.6 Å². The molecule has 1 fully saturated rings. The van der Waals surface area contributed by atoms with Crippen molar-refractivity contribution in [1.29, 1.82) is 0 Å². The van der Waals surface area contributed by atoms with Gasteiger partial charge in [-0.1, -0.05) is 131 Å². The zero-order valence-corrected chi connectivity index (χ0v) is 46.1.